The van der Waals surface area contributed by atoms with Crippen molar-refractivity contribution in [3.8, 4) is 11.3 Å². The van der Waals surface area contributed by atoms with Crippen molar-refractivity contribution in [1.82, 2.24) is 9.97 Å². The third-order valence-corrected chi connectivity index (χ3v) is 3.83. The van der Waals surface area contributed by atoms with Gasteiger partial charge in [0, 0.05) is 11.1 Å². The quantitative estimate of drug-likeness (QED) is 0.518. The molecular weight excluding hydrogens is 328 g/mol. The van der Waals surface area contributed by atoms with Crippen molar-refractivity contribution in [3.63, 3.8) is 0 Å². The molecule has 0 amide bonds. The molecule has 5 heteroatoms. The van der Waals surface area contributed by atoms with E-state index < -0.39 is 5.97 Å². The number of rotatable bonds is 5. The highest BCUT2D eigenvalue weighted by Gasteiger charge is 2.21. The Balaban J connectivity index is 2.06. The third kappa shape index (κ3) is 3.67. The molecule has 26 heavy (non-hydrogen) atoms. The molecule has 0 atom stereocenters. The molecule has 0 aliphatic rings. The smallest absolute Gasteiger partial charge is 0.359 e. The number of hydrogen-bond donors (Lipinski definition) is 0. The lowest BCUT2D eigenvalue weighted by molar-refractivity contribution is 0.0520. The normalized spacial score (nSPS) is 10.4. The van der Waals surface area contributed by atoms with Crippen molar-refractivity contribution in [2.45, 2.75) is 13.8 Å². The molecule has 0 N–H and O–H groups in total. The van der Waals surface area contributed by atoms with Gasteiger partial charge in [0.25, 0.3) is 0 Å². The Bertz CT molecular complexity index is 935. The van der Waals surface area contributed by atoms with E-state index in [2.05, 4.69) is 9.97 Å². The number of aryl methyl sites for hydroxylation is 1. The highest BCUT2D eigenvalue weighted by molar-refractivity contribution is 6.08. The zero-order valence-electron chi connectivity index (χ0n) is 14.6. The Morgan fingerprint density at radius 1 is 1.00 bits per heavy atom. The molecule has 3 rings (SSSR count). The molecule has 130 valence electrons. The van der Waals surface area contributed by atoms with Crippen LogP contribution in [0.2, 0.25) is 0 Å². The minimum Gasteiger partial charge on any atom is -0.461 e. The molecule has 2 aromatic carbocycles. The van der Waals surface area contributed by atoms with Gasteiger partial charge in [-0.15, -0.1) is 0 Å². The molecule has 1 heterocycles. The number of nitrogens with zero attached hydrogens (tertiary/aromatic N) is 2. The third-order valence-electron chi connectivity index (χ3n) is 3.83. The lowest BCUT2D eigenvalue weighted by Gasteiger charge is -2.09. The highest BCUT2D eigenvalue weighted by atomic mass is 16.5. The van der Waals surface area contributed by atoms with E-state index in [0.717, 1.165) is 11.1 Å². The Labute approximate surface area is 151 Å². The molecule has 0 spiro atoms. The maximum atomic E-state index is 12.7. The summed E-state index contributed by atoms with van der Waals surface area (Å²) in [5.41, 5.74) is 2.82. The number of esters is 1. The van der Waals surface area contributed by atoms with E-state index in [9.17, 15) is 9.59 Å². The van der Waals surface area contributed by atoms with E-state index in [0.29, 0.717) is 11.3 Å². The lowest BCUT2D eigenvalue weighted by atomic mass is 10.1. The van der Waals surface area contributed by atoms with Crippen LogP contribution in [-0.4, -0.2) is 28.3 Å². The van der Waals surface area contributed by atoms with Crippen LogP contribution in [0.3, 0.4) is 0 Å². The molecule has 3 aromatic rings. The topological polar surface area (TPSA) is 69.2 Å². The average Bonchev–Trinajstić information content (AvgIpc) is 2.68. The Kier molecular flexibility index (Phi) is 5.17. The lowest BCUT2D eigenvalue weighted by Crippen LogP contribution is -2.14. The first-order valence-electron chi connectivity index (χ1n) is 8.31. The summed E-state index contributed by atoms with van der Waals surface area (Å²) in [7, 11) is 0. The summed E-state index contributed by atoms with van der Waals surface area (Å²) in [5, 5.41) is 0. The van der Waals surface area contributed by atoms with Crippen molar-refractivity contribution in [2.24, 2.45) is 0 Å². The number of aromatic nitrogens is 2. The fourth-order valence-electron chi connectivity index (χ4n) is 2.50. The first-order chi connectivity index (χ1) is 12.6. The van der Waals surface area contributed by atoms with Crippen LogP contribution in [-0.2, 0) is 4.74 Å². The molecule has 5 nitrogen and oxygen atoms in total. The summed E-state index contributed by atoms with van der Waals surface area (Å²) in [6.45, 7) is 3.88. The first-order valence-corrected chi connectivity index (χ1v) is 8.31. The molecule has 0 radical (unpaired) electrons. The summed E-state index contributed by atoms with van der Waals surface area (Å²) in [5.74, 6) is -0.889. The van der Waals surface area contributed by atoms with E-state index in [1.165, 1.54) is 6.20 Å². The van der Waals surface area contributed by atoms with Gasteiger partial charge in [-0.2, -0.15) is 0 Å². The standard InChI is InChI=1S/C21H18N2O3/c1-3-26-21(25)19-18(15-7-5-4-6-8-15)22-13-17(23-19)20(24)16-11-9-14(2)10-12-16/h4-13H,3H2,1-2H3. The second-order valence-corrected chi connectivity index (χ2v) is 5.73. The van der Waals surface area contributed by atoms with Gasteiger partial charge >= 0.3 is 5.97 Å². The van der Waals surface area contributed by atoms with E-state index >= 15 is 0 Å². The van der Waals surface area contributed by atoms with Crippen LogP contribution >= 0.6 is 0 Å². The molecule has 0 saturated heterocycles. The van der Waals surface area contributed by atoms with Gasteiger partial charge in [0.1, 0.15) is 11.4 Å². The van der Waals surface area contributed by atoms with Crippen LogP contribution in [0.4, 0.5) is 0 Å². The fraction of sp³-hybridized carbons (Fsp3) is 0.143. The van der Waals surface area contributed by atoms with Crippen molar-refractivity contribution in [3.05, 3.63) is 83.3 Å². The largest absolute Gasteiger partial charge is 0.461 e. The molecular formula is C21H18N2O3. The Hall–Kier alpha value is -3.34. The molecule has 0 aliphatic carbocycles. The maximum absolute atomic E-state index is 12.7. The van der Waals surface area contributed by atoms with Gasteiger partial charge in [-0.3, -0.25) is 9.78 Å². The summed E-state index contributed by atoms with van der Waals surface area (Å²) >= 11 is 0. The van der Waals surface area contributed by atoms with E-state index in [1.54, 1.807) is 19.1 Å². The number of hydrogen-bond acceptors (Lipinski definition) is 5. The predicted octanol–water partition coefficient (Wildman–Crippen LogP) is 3.86. The van der Waals surface area contributed by atoms with Crippen LogP contribution < -0.4 is 0 Å². The van der Waals surface area contributed by atoms with E-state index in [1.807, 2.05) is 49.4 Å². The predicted molar refractivity (Wildman–Crippen MR) is 98.0 cm³/mol. The van der Waals surface area contributed by atoms with Crippen LogP contribution in [0.1, 0.15) is 39.0 Å². The zero-order chi connectivity index (χ0) is 18.5. The molecule has 1 aromatic heterocycles. The van der Waals surface area contributed by atoms with Crippen LogP contribution in [0.5, 0.6) is 0 Å². The van der Waals surface area contributed by atoms with Crippen molar-refractivity contribution in [2.75, 3.05) is 6.61 Å². The molecule has 0 aliphatic heterocycles. The maximum Gasteiger partial charge on any atom is 0.359 e. The summed E-state index contributed by atoms with van der Waals surface area (Å²) < 4.78 is 5.09. The number of carbonyl (C=O) groups is 2. The summed E-state index contributed by atoms with van der Waals surface area (Å²) in [6, 6.07) is 16.4. The van der Waals surface area contributed by atoms with Crippen LogP contribution in [0.15, 0.2) is 60.8 Å². The van der Waals surface area contributed by atoms with Gasteiger partial charge in [0.05, 0.1) is 12.8 Å². The zero-order valence-corrected chi connectivity index (χ0v) is 14.6. The minimum atomic E-state index is -0.600. The SMILES string of the molecule is CCOC(=O)c1nc(C(=O)c2ccc(C)cc2)cnc1-c1ccccc1. The molecule has 0 saturated carbocycles. The van der Waals surface area contributed by atoms with E-state index in [4.69, 9.17) is 4.74 Å². The van der Waals surface area contributed by atoms with Gasteiger partial charge in [0.15, 0.2) is 5.69 Å². The average molecular weight is 346 g/mol. The summed E-state index contributed by atoms with van der Waals surface area (Å²) in [4.78, 5) is 33.7. The van der Waals surface area contributed by atoms with Crippen molar-refractivity contribution >= 4 is 11.8 Å². The van der Waals surface area contributed by atoms with Crippen molar-refractivity contribution < 1.29 is 14.3 Å². The molecule has 0 fully saturated rings. The van der Waals surface area contributed by atoms with Crippen molar-refractivity contribution in [1.29, 1.82) is 0 Å². The number of benzene rings is 2. The van der Waals surface area contributed by atoms with Crippen LogP contribution in [0, 0.1) is 6.92 Å². The van der Waals surface area contributed by atoms with Crippen LogP contribution in [0.25, 0.3) is 11.3 Å². The fourth-order valence-corrected chi connectivity index (χ4v) is 2.50. The summed E-state index contributed by atoms with van der Waals surface area (Å²) in [6.07, 6.45) is 1.40. The minimum absolute atomic E-state index is 0.0380. The monoisotopic (exact) mass is 346 g/mol. The molecule has 0 bridgehead atoms. The number of ether oxygens (including phenoxy) is 1. The highest BCUT2D eigenvalue weighted by Crippen LogP contribution is 2.21. The van der Waals surface area contributed by atoms with Gasteiger partial charge in [-0.1, -0.05) is 60.2 Å². The Morgan fingerprint density at radius 2 is 1.69 bits per heavy atom. The van der Waals surface area contributed by atoms with Gasteiger partial charge < -0.3 is 4.74 Å². The van der Waals surface area contributed by atoms with Gasteiger partial charge in [0.2, 0.25) is 5.78 Å². The second-order valence-electron chi connectivity index (χ2n) is 5.73. The number of ketones is 1. The molecule has 0 unspecified atom stereocenters. The van der Waals surface area contributed by atoms with Gasteiger partial charge in [-0.05, 0) is 13.8 Å². The Morgan fingerprint density at radius 3 is 2.35 bits per heavy atom. The second kappa shape index (κ2) is 7.70. The van der Waals surface area contributed by atoms with Gasteiger partial charge in [-0.25, -0.2) is 9.78 Å². The van der Waals surface area contributed by atoms with E-state index in [-0.39, 0.29) is 23.8 Å². The first kappa shape index (κ1) is 17.5. The number of carbonyl (C=O) groups excluding carboxylic acids is 2.